The summed E-state index contributed by atoms with van der Waals surface area (Å²) >= 11 is 5.61. The lowest BCUT2D eigenvalue weighted by atomic mass is 10.0. The number of rotatable bonds is 3. The highest BCUT2D eigenvalue weighted by molar-refractivity contribution is 7.80. The molecule has 1 fully saturated rings. The second kappa shape index (κ2) is 6.86. The highest BCUT2D eigenvalue weighted by Gasteiger charge is 2.13. The molecule has 0 bridgehead atoms. The summed E-state index contributed by atoms with van der Waals surface area (Å²) in [6.45, 7) is 2.28. The molecule has 0 aliphatic carbocycles. The third-order valence-electron chi connectivity index (χ3n) is 4.13. The van der Waals surface area contributed by atoms with Gasteiger partial charge in [-0.3, -0.25) is 0 Å². The average molecular weight is 295 g/mol. The molecule has 2 aromatic carbocycles. The number of nitrogens with zero attached hydrogens (tertiary/aromatic N) is 1. The largest absolute Gasteiger partial charge is 0.366 e. The van der Waals surface area contributed by atoms with Crippen LogP contribution in [0.3, 0.4) is 0 Å². The van der Waals surface area contributed by atoms with Crippen molar-refractivity contribution in [3.05, 3.63) is 60.2 Å². The minimum atomic E-state index is 0.893. The predicted molar refractivity (Wildman–Crippen MR) is 93.6 cm³/mol. The molecule has 2 heteroatoms. The van der Waals surface area contributed by atoms with E-state index in [0.29, 0.717) is 0 Å². The summed E-state index contributed by atoms with van der Waals surface area (Å²) in [5.74, 6) is 0. The van der Waals surface area contributed by atoms with E-state index in [4.69, 9.17) is 12.2 Å². The smallest absolute Gasteiger partial charge is 0.0823 e. The first-order chi connectivity index (χ1) is 10.3. The molecule has 0 atom stereocenters. The molecule has 108 valence electrons. The normalized spacial score (nSPS) is 15.0. The number of piperidine rings is 1. The highest BCUT2D eigenvalue weighted by atomic mass is 32.1. The van der Waals surface area contributed by atoms with Gasteiger partial charge in [-0.15, -0.1) is 0 Å². The summed E-state index contributed by atoms with van der Waals surface area (Å²) < 4.78 is 0. The van der Waals surface area contributed by atoms with Crippen LogP contribution in [-0.4, -0.2) is 23.0 Å². The zero-order chi connectivity index (χ0) is 14.5. The van der Waals surface area contributed by atoms with Crippen molar-refractivity contribution in [2.24, 2.45) is 0 Å². The van der Waals surface area contributed by atoms with Gasteiger partial charge >= 0.3 is 0 Å². The van der Waals surface area contributed by atoms with Crippen LogP contribution >= 0.6 is 12.2 Å². The van der Waals surface area contributed by atoms with Gasteiger partial charge in [0, 0.05) is 19.5 Å². The summed E-state index contributed by atoms with van der Waals surface area (Å²) in [4.78, 5) is 3.48. The van der Waals surface area contributed by atoms with Crippen molar-refractivity contribution in [3.8, 4) is 11.1 Å². The number of thiocarbonyl (C=S) groups is 1. The summed E-state index contributed by atoms with van der Waals surface area (Å²) in [6.07, 6.45) is 4.81. The topological polar surface area (TPSA) is 3.24 Å². The Morgan fingerprint density at radius 1 is 0.810 bits per heavy atom. The predicted octanol–water partition coefficient (Wildman–Crippen LogP) is 4.71. The fraction of sp³-hybridized carbons (Fsp3) is 0.316. The molecule has 0 N–H and O–H groups in total. The van der Waals surface area contributed by atoms with Crippen LogP contribution in [0.4, 0.5) is 0 Å². The zero-order valence-electron chi connectivity index (χ0n) is 12.3. The van der Waals surface area contributed by atoms with E-state index in [2.05, 4.69) is 59.5 Å². The number of hydrogen-bond acceptors (Lipinski definition) is 1. The fourth-order valence-electron chi connectivity index (χ4n) is 2.88. The Labute approximate surface area is 132 Å². The van der Waals surface area contributed by atoms with Gasteiger partial charge in [-0.05, 0) is 36.0 Å². The fourth-order valence-corrected chi connectivity index (χ4v) is 3.22. The minimum Gasteiger partial charge on any atom is -0.366 e. The van der Waals surface area contributed by atoms with Gasteiger partial charge < -0.3 is 4.90 Å². The van der Waals surface area contributed by atoms with Gasteiger partial charge in [0.15, 0.2) is 0 Å². The molecule has 1 saturated heterocycles. The van der Waals surface area contributed by atoms with Crippen LogP contribution < -0.4 is 0 Å². The summed E-state index contributed by atoms with van der Waals surface area (Å²) in [5.41, 5.74) is 3.84. The second-order valence-corrected chi connectivity index (χ2v) is 6.15. The lowest BCUT2D eigenvalue weighted by Crippen LogP contribution is -2.35. The van der Waals surface area contributed by atoms with Crippen molar-refractivity contribution < 1.29 is 0 Å². The van der Waals surface area contributed by atoms with Gasteiger partial charge in [-0.25, -0.2) is 0 Å². The third-order valence-corrected chi connectivity index (χ3v) is 4.53. The first kappa shape index (κ1) is 14.3. The number of likely N-dealkylation sites (tertiary alicyclic amines) is 1. The quantitative estimate of drug-likeness (QED) is 0.754. The molecule has 1 nitrogen and oxygen atoms in total. The van der Waals surface area contributed by atoms with Crippen molar-refractivity contribution in [2.75, 3.05) is 13.1 Å². The lowest BCUT2D eigenvalue weighted by molar-refractivity contribution is 0.343. The molecule has 0 saturated carbocycles. The molecule has 2 aromatic rings. The van der Waals surface area contributed by atoms with Crippen LogP contribution in [0.2, 0.25) is 0 Å². The van der Waals surface area contributed by atoms with E-state index < -0.39 is 0 Å². The Hall–Kier alpha value is -1.67. The average Bonchev–Trinajstić information content (AvgIpc) is 2.57. The van der Waals surface area contributed by atoms with Crippen molar-refractivity contribution in [3.63, 3.8) is 0 Å². The van der Waals surface area contributed by atoms with E-state index in [1.54, 1.807) is 0 Å². The lowest BCUT2D eigenvalue weighted by Gasteiger charge is -2.29. The molecule has 3 rings (SSSR count). The van der Waals surface area contributed by atoms with Gasteiger partial charge in [0.25, 0.3) is 0 Å². The molecule has 0 aromatic heterocycles. The second-order valence-electron chi connectivity index (χ2n) is 5.68. The van der Waals surface area contributed by atoms with Gasteiger partial charge in [-0.1, -0.05) is 66.8 Å². The van der Waals surface area contributed by atoms with Crippen molar-refractivity contribution in [1.29, 1.82) is 0 Å². The molecular formula is C19H21NS. The Kier molecular flexibility index (Phi) is 4.66. The van der Waals surface area contributed by atoms with Crippen LogP contribution in [0.1, 0.15) is 24.8 Å². The molecule has 1 aliphatic rings. The minimum absolute atomic E-state index is 0.893. The first-order valence-electron chi connectivity index (χ1n) is 7.75. The highest BCUT2D eigenvalue weighted by Crippen LogP contribution is 2.20. The monoisotopic (exact) mass is 295 g/mol. The van der Waals surface area contributed by atoms with Crippen molar-refractivity contribution in [1.82, 2.24) is 4.90 Å². The Morgan fingerprint density at radius 3 is 2.10 bits per heavy atom. The van der Waals surface area contributed by atoms with Gasteiger partial charge in [0.05, 0.1) is 4.99 Å². The van der Waals surface area contributed by atoms with Crippen LogP contribution in [0.15, 0.2) is 54.6 Å². The summed E-state index contributed by atoms with van der Waals surface area (Å²) in [7, 11) is 0. The summed E-state index contributed by atoms with van der Waals surface area (Å²) in [6, 6.07) is 19.3. The van der Waals surface area contributed by atoms with E-state index in [9.17, 15) is 0 Å². The molecule has 0 amide bonds. The molecule has 1 aliphatic heterocycles. The Bertz CT molecular complexity index is 583. The maximum Gasteiger partial charge on any atom is 0.0823 e. The zero-order valence-corrected chi connectivity index (χ0v) is 13.1. The number of hydrogen-bond donors (Lipinski definition) is 0. The van der Waals surface area contributed by atoms with Crippen LogP contribution in [0.25, 0.3) is 11.1 Å². The van der Waals surface area contributed by atoms with E-state index in [0.717, 1.165) is 24.5 Å². The van der Waals surface area contributed by atoms with E-state index in [1.807, 2.05) is 0 Å². The molecule has 21 heavy (non-hydrogen) atoms. The Balaban J connectivity index is 1.65. The SMILES string of the molecule is S=C(Cc1ccc(-c2ccccc2)cc1)N1CCCCC1. The Morgan fingerprint density at radius 2 is 1.43 bits per heavy atom. The van der Waals surface area contributed by atoms with Crippen LogP contribution in [0, 0.1) is 0 Å². The first-order valence-corrected chi connectivity index (χ1v) is 8.16. The third kappa shape index (κ3) is 3.70. The summed E-state index contributed by atoms with van der Waals surface area (Å²) in [5, 5.41) is 0. The van der Waals surface area contributed by atoms with Gasteiger partial charge in [0.1, 0.15) is 0 Å². The molecule has 1 heterocycles. The van der Waals surface area contributed by atoms with Crippen molar-refractivity contribution in [2.45, 2.75) is 25.7 Å². The maximum atomic E-state index is 5.61. The standard InChI is InChI=1S/C19H21NS/c21-19(20-13-5-2-6-14-20)15-16-9-11-18(12-10-16)17-7-3-1-4-8-17/h1,3-4,7-12H,2,5-6,13-15H2. The van der Waals surface area contributed by atoms with Crippen molar-refractivity contribution >= 4 is 17.2 Å². The van der Waals surface area contributed by atoms with E-state index in [1.165, 1.54) is 36.0 Å². The van der Waals surface area contributed by atoms with E-state index in [-0.39, 0.29) is 0 Å². The van der Waals surface area contributed by atoms with Crippen LogP contribution in [-0.2, 0) is 6.42 Å². The molecule has 0 radical (unpaired) electrons. The van der Waals surface area contributed by atoms with Crippen LogP contribution in [0.5, 0.6) is 0 Å². The van der Waals surface area contributed by atoms with E-state index >= 15 is 0 Å². The molecule has 0 unspecified atom stereocenters. The maximum absolute atomic E-state index is 5.61. The number of benzene rings is 2. The molecular weight excluding hydrogens is 274 g/mol. The molecule has 0 spiro atoms. The van der Waals surface area contributed by atoms with Gasteiger partial charge in [0.2, 0.25) is 0 Å². The van der Waals surface area contributed by atoms with Gasteiger partial charge in [-0.2, -0.15) is 0 Å².